The third-order valence-electron chi connectivity index (χ3n) is 5.52. The summed E-state index contributed by atoms with van der Waals surface area (Å²) in [5.41, 5.74) is 2.71. The highest BCUT2D eigenvalue weighted by molar-refractivity contribution is 5.65. The fourth-order valence-electron chi connectivity index (χ4n) is 3.77. The van der Waals surface area contributed by atoms with Crippen LogP contribution in [-0.2, 0) is 18.3 Å². The Kier molecular flexibility index (Phi) is 9.42. The molecule has 2 aromatic carbocycles. The SMILES string of the molecule is CCCC[C@@H](O)CN(CCOC)Cc1c(-c2ccccc2)nn(C)c1Oc1ccc(F)cc1. The molecular formula is C26H34FN3O3. The van der Waals surface area contributed by atoms with Gasteiger partial charge in [0.15, 0.2) is 0 Å². The van der Waals surface area contributed by atoms with Crippen LogP contribution in [0.3, 0.4) is 0 Å². The van der Waals surface area contributed by atoms with Crippen LogP contribution in [0.25, 0.3) is 11.3 Å². The van der Waals surface area contributed by atoms with Crippen LogP contribution in [0.15, 0.2) is 54.6 Å². The molecule has 1 heterocycles. The highest BCUT2D eigenvalue weighted by Gasteiger charge is 2.23. The number of rotatable bonds is 13. The second-order valence-electron chi connectivity index (χ2n) is 8.20. The Morgan fingerprint density at radius 3 is 2.52 bits per heavy atom. The summed E-state index contributed by atoms with van der Waals surface area (Å²) in [5, 5.41) is 15.3. The van der Waals surface area contributed by atoms with Crippen LogP contribution in [0.4, 0.5) is 4.39 Å². The number of aromatic nitrogens is 2. The number of ether oxygens (including phenoxy) is 2. The molecule has 0 spiro atoms. The third-order valence-corrected chi connectivity index (χ3v) is 5.52. The predicted octanol–water partition coefficient (Wildman–Crippen LogP) is 5.02. The van der Waals surface area contributed by atoms with E-state index in [-0.39, 0.29) is 5.82 Å². The first kappa shape index (κ1) is 24.9. The van der Waals surface area contributed by atoms with Gasteiger partial charge < -0.3 is 14.6 Å². The van der Waals surface area contributed by atoms with Gasteiger partial charge in [0.2, 0.25) is 5.88 Å². The highest BCUT2D eigenvalue weighted by Crippen LogP contribution is 2.34. The second kappa shape index (κ2) is 12.5. The fourth-order valence-corrected chi connectivity index (χ4v) is 3.77. The molecule has 1 aromatic heterocycles. The van der Waals surface area contributed by atoms with Crippen LogP contribution in [0.5, 0.6) is 11.6 Å². The lowest BCUT2D eigenvalue weighted by molar-refractivity contribution is 0.0788. The van der Waals surface area contributed by atoms with E-state index in [0.717, 1.165) is 36.1 Å². The van der Waals surface area contributed by atoms with E-state index in [9.17, 15) is 9.50 Å². The quantitative estimate of drug-likeness (QED) is 0.392. The Hall–Kier alpha value is -2.74. The van der Waals surface area contributed by atoms with Gasteiger partial charge in [-0.3, -0.25) is 4.90 Å². The molecule has 0 aliphatic carbocycles. The van der Waals surface area contributed by atoms with Gasteiger partial charge in [0.05, 0.1) is 18.3 Å². The van der Waals surface area contributed by atoms with Crippen LogP contribution in [0, 0.1) is 5.82 Å². The van der Waals surface area contributed by atoms with Crippen molar-refractivity contribution in [3.8, 4) is 22.9 Å². The lowest BCUT2D eigenvalue weighted by atomic mass is 10.1. The van der Waals surface area contributed by atoms with Crippen LogP contribution in [-0.4, -0.2) is 52.7 Å². The fraction of sp³-hybridized carbons (Fsp3) is 0.423. The number of aliphatic hydroxyl groups is 1. The Labute approximate surface area is 195 Å². The molecule has 0 amide bonds. The number of nitrogens with zero attached hydrogens (tertiary/aromatic N) is 3. The number of benzene rings is 2. The van der Waals surface area contributed by atoms with Gasteiger partial charge in [0.25, 0.3) is 0 Å². The number of unbranched alkanes of at least 4 members (excludes halogenated alkanes) is 1. The van der Waals surface area contributed by atoms with Gasteiger partial charge in [-0.2, -0.15) is 5.10 Å². The Morgan fingerprint density at radius 2 is 1.85 bits per heavy atom. The molecule has 0 aliphatic rings. The number of hydrogen-bond acceptors (Lipinski definition) is 5. The number of aryl methyl sites for hydroxylation is 1. The smallest absolute Gasteiger partial charge is 0.222 e. The first-order chi connectivity index (χ1) is 16.0. The van der Waals surface area contributed by atoms with Gasteiger partial charge in [-0.25, -0.2) is 9.07 Å². The molecule has 7 heteroatoms. The number of methoxy groups -OCH3 is 1. The van der Waals surface area contributed by atoms with Crippen LogP contribution < -0.4 is 4.74 Å². The molecule has 0 aliphatic heterocycles. The maximum Gasteiger partial charge on any atom is 0.222 e. The predicted molar refractivity (Wildman–Crippen MR) is 128 cm³/mol. The van der Waals surface area contributed by atoms with Gasteiger partial charge in [-0.15, -0.1) is 0 Å². The summed E-state index contributed by atoms with van der Waals surface area (Å²) in [4.78, 5) is 2.17. The van der Waals surface area contributed by atoms with E-state index >= 15 is 0 Å². The Bertz CT molecular complexity index is 976. The Morgan fingerprint density at radius 1 is 1.12 bits per heavy atom. The number of aliphatic hydroxyl groups excluding tert-OH is 1. The van der Waals surface area contributed by atoms with Gasteiger partial charge in [0, 0.05) is 39.4 Å². The average molecular weight is 456 g/mol. The molecule has 0 saturated carbocycles. The number of hydrogen-bond donors (Lipinski definition) is 1. The summed E-state index contributed by atoms with van der Waals surface area (Å²) in [7, 11) is 3.51. The van der Waals surface area contributed by atoms with Gasteiger partial charge in [0.1, 0.15) is 17.3 Å². The van der Waals surface area contributed by atoms with Crippen molar-refractivity contribution in [3.05, 3.63) is 66.0 Å². The molecular weight excluding hydrogens is 421 g/mol. The van der Waals surface area contributed by atoms with E-state index in [1.165, 1.54) is 12.1 Å². The lowest BCUT2D eigenvalue weighted by Gasteiger charge is -2.25. The standard InChI is InChI=1S/C26H34FN3O3/c1-4-5-11-22(31)18-30(16-17-32-3)19-24-25(20-9-7-6-8-10-20)28-29(2)26(24)33-23-14-12-21(27)13-15-23/h6-10,12-15,22,31H,4-5,11,16-19H2,1-3H3/t22-/m1/s1. The molecule has 33 heavy (non-hydrogen) atoms. The zero-order valence-corrected chi connectivity index (χ0v) is 19.7. The molecule has 0 fully saturated rings. The van der Waals surface area contributed by atoms with Crippen molar-refractivity contribution in [2.24, 2.45) is 7.05 Å². The largest absolute Gasteiger partial charge is 0.439 e. The van der Waals surface area contributed by atoms with E-state index in [4.69, 9.17) is 14.6 Å². The summed E-state index contributed by atoms with van der Waals surface area (Å²) < 4.78 is 26.6. The maximum atomic E-state index is 13.4. The van der Waals surface area contributed by atoms with Crippen molar-refractivity contribution in [1.29, 1.82) is 0 Å². The minimum atomic E-state index is -0.417. The molecule has 6 nitrogen and oxygen atoms in total. The molecule has 0 unspecified atom stereocenters. The van der Waals surface area contributed by atoms with Crippen LogP contribution in [0.1, 0.15) is 31.7 Å². The van der Waals surface area contributed by atoms with Crippen LogP contribution in [0.2, 0.25) is 0 Å². The zero-order valence-electron chi connectivity index (χ0n) is 19.7. The van der Waals surface area contributed by atoms with Crippen molar-refractivity contribution in [2.45, 2.75) is 38.8 Å². The van der Waals surface area contributed by atoms with Gasteiger partial charge >= 0.3 is 0 Å². The summed E-state index contributed by atoms with van der Waals surface area (Å²) in [5.74, 6) is 0.807. The third kappa shape index (κ3) is 7.12. The minimum absolute atomic E-state index is 0.315. The highest BCUT2D eigenvalue weighted by atomic mass is 19.1. The summed E-state index contributed by atoms with van der Waals surface area (Å²) in [6, 6.07) is 15.9. The van der Waals surface area contributed by atoms with Crippen molar-refractivity contribution in [1.82, 2.24) is 14.7 Å². The van der Waals surface area contributed by atoms with Gasteiger partial charge in [-0.1, -0.05) is 50.1 Å². The van der Waals surface area contributed by atoms with Crippen molar-refractivity contribution in [2.75, 3.05) is 26.8 Å². The zero-order chi connectivity index (χ0) is 23.6. The first-order valence-corrected chi connectivity index (χ1v) is 11.5. The molecule has 178 valence electrons. The van der Waals surface area contributed by atoms with E-state index < -0.39 is 6.10 Å². The molecule has 1 N–H and O–H groups in total. The molecule has 0 saturated heterocycles. The van der Waals surface area contributed by atoms with E-state index in [0.29, 0.717) is 37.9 Å². The summed E-state index contributed by atoms with van der Waals surface area (Å²) >= 11 is 0. The van der Waals surface area contributed by atoms with E-state index in [2.05, 4.69) is 11.8 Å². The minimum Gasteiger partial charge on any atom is -0.439 e. The van der Waals surface area contributed by atoms with Crippen molar-refractivity contribution >= 4 is 0 Å². The van der Waals surface area contributed by atoms with Crippen LogP contribution >= 0.6 is 0 Å². The van der Waals surface area contributed by atoms with Crippen molar-refractivity contribution < 1.29 is 19.0 Å². The Balaban J connectivity index is 1.95. The summed E-state index contributed by atoms with van der Waals surface area (Å²) in [6.45, 7) is 4.40. The maximum absolute atomic E-state index is 13.4. The molecule has 1 atom stereocenters. The monoisotopic (exact) mass is 455 g/mol. The molecule has 0 radical (unpaired) electrons. The molecule has 3 aromatic rings. The molecule has 3 rings (SSSR count). The number of halogens is 1. The van der Waals surface area contributed by atoms with Gasteiger partial charge in [-0.05, 0) is 30.7 Å². The summed E-state index contributed by atoms with van der Waals surface area (Å²) in [6.07, 6.45) is 2.38. The van der Waals surface area contributed by atoms with E-state index in [1.807, 2.05) is 37.4 Å². The van der Waals surface area contributed by atoms with Crippen molar-refractivity contribution in [3.63, 3.8) is 0 Å². The normalized spacial score (nSPS) is 12.3. The van der Waals surface area contributed by atoms with E-state index in [1.54, 1.807) is 23.9 Å². The first-order valence-electron chi connectivity index (χ1n) is 11.5. The lowest BCUT2D eigenvalue weighted by Crippen LogP contribution is -2.34. The molecule has 0 bridgehead atoms. The average Bonchev–Trinajstić information content (AvgIpc) is 3.13. The second-order valence-corrected chi connectivity index (χ2v) is 8.20. The topological polar surface area (TPSA) is 59.8 Å².